The Kier molecular flexibility index (Phi) is 3.05. The Morgan fingerprint density at radius 1 is 1.18 bits per heavy atom. The zero-order chi connectivity index (χ0) is 12.3. The van der Waals surface area contributed by atoms with Crippen molar-refractivity contribution in [1.29, 1.82) is 0 Å². The van der Waals surface area contributed by atoms with Gasteiger partial charge in [-0.15, -0.1) is 0 Å². The number of ketones is 1. The third kappa shape index (κ3) is 2.10. The average molecular weight is 229 g/mol. The molecular formula is C13H11NO3. The second kappa shape index (κ2) is 4.65. The van der Waals surface area contributed by atoms with Crippen LogP contribution in [0.4, 0.5) is 0 Å². The summed E-state index contributed by atoms with van der Waals surface area (Å²) in [6.45, 7) is 0. The van der Waals surface area contributed by atoms with Crippen molar-refractivity contribution >= 4 is 5.78 Å². The number of ether oxygens (including phenoxy) is 1. The Morgan fingerprint density at radius 2 is 1.88 bits per heavy atom. The number of aromatic nitrogens is 1. The van der Waals surface area contributed by atoms with E-state index in [1.165, 1.54) is 13.2 Å². The highest BCUT2D eigenvalue weighted by Gasteiger charge is 2.17. The SMILES string of the molecule is COc1ncccc1C(=O)c1ccccc1O. The number of phenols is 1. The summed E-state index contributed by atoms with van der Waals surface area (Å²) in [7, 11) is 1.45. The largest absolute Gasteiger partial charge is 0.507 e. The van der Waals surface area contributed by atoms with Crippen LogP contribution in [0.2, 0.25) is 0 Å². The Balaban J connectivity index is 2.48. The predicted molar refractivity (Wildman–Crippen MR) is 62.3 cm³/mol. The molecule has 1 aromatic heterocycles. The van der Waals surface area contributed by atoms with Gasteiger partial charge in [0, 0.05) is 6.20 Å². The highest BCUT2D eigenvalue weighted by Crippen LogP contribution is 2.23. The number of carbonyl (C=O) groups excluding carboxylic acids is 1. The van der Waals surface area contributed by atoms with Crippen molar-refractivity contribution in [1.82, 2.24) is 4.98 Å². The van der Waals surface area contributed by atoms with Gasteiger partial charge in [-0.2, -0.15) is 0 Å². The number of hydrogen-bond donors (Lipinski definition) is 1. The summed E-state index contributed by atoms with van der Waals surface area (Å²) in [6.07, 6.45) is 1.54. The van der Waals surface area contributed by atoms with Gasteiger partial charge in [0.1, 0.15) is 5.75 Å². The van der Waals surface area contributed by atoms with Crippen LogP contribution in [0, 0.1) is 0 Å². The Morgan fingerprint density at radius 3 is 2.59 bits per heavy atom. The molecule has 0 aliphatic rings. The molecule has 4 heteroatoms. The van der Waals surface area contributed by atoms with Gasteiger partial charge in [-0.25, -0.2) is 4.98 Å². The maximum Gasteiger partial charge on any atom is 0.224 e. The number of pyridine rings is 1. The van der Waals surface area contributed by atoms with Crippen LogP contribution in [-0.2, 0) is 0 Å². The summed E-state index contributed by atoms with van der Waals surface area (Å²) in [6, 6.07) is 9.64. The average Bonchev–Trinajstić information content (AvgIpc) is 2.38. The molecule has 0 unspecified atom stereocenters. The van der Waals surface area contributed by atoms with E-state index in [9.17, 15) is 9.90 Å². The van der Waals surface area contributed by atoms with Crippen molar-refractivity contribution in [3.8, 4) is 11.6 Å². The van der Waals surface area contributed by atoms with Crippen LogP contribution in [0.5, 0.6) is 11.6 Å². The van der Waals surface area contributed by atoms with Crippen LogP contribution in [0.1, 0.15) is 15.9 Å². The molecule has 1 heterocycles. The molecule has 4 nitrogen and oxygen atoms in total. The lowest BCUT2D eigenvalue weighted by Crippen LogP contribution is -2.05. The lowest BCUT2D eigenvalue weighted by Gasteiger charge is -2.06. The fraction of sp³-hybridized carbons (Fsp3) is 0.0769. The maximum absolute atomic E-state index is 12.2. The Bertz CT molecular complexity index is 552. The molecule has 0 saturated carbocycles. The fourth-order valence-corrected chi connectivity index (χ4v) is 1.54. The van der Waals surface area contributed by atoms with Crippen LogP contribution >= 0.6 is 0 Å². The van der Waals surface area contributed by atoms with Crippen LogP contribution in [0.15, 0.2) is 42.6 Å². The molecule has 86 valence electrons. The van der Waals surface area contributed by atoms with Crippen LogP contribution in [0.25, 0.3) is 0 Å². The number of methoxy groups -OCH3 is 1. The summed E-state index contributed by atoms with van der Waals surface area (Å²) in [4.78, 5) is 16.1. The summed E-state index contributed by atoms with van der Waals surface area (Å²) in [5.41, 5.74) is 0.565. The minimum Gasteiger partial charge on any atom is -0.507 e. The number of hydrogen-bond acceptors (Lipinski definition) is 4. The molecule has 0 aliphatic heterocycles. The zero-order valence-corrected chi connectivity index (χ0v) is 9.25. The third-order valence-electron chi connectivity index (χ3n) is 2.36. The van der Waals surface area contributed by atoms with Crippen molar-refractivity contribution in [2.24, 2.45) is 0 Å². The van der Waals surface area contributed by atoms with E-state index in [0.29, 0.717) is 5.56 Å². The van der Waals surface area contributed by atoms with Gasteiger partial charge in [0.2, 0.25) is 11.7 Å². The van der Waals surface area contributed by atoms with E-state index < -0.39 is 0 Å². The normalized spacial score (nSPS) is 9.94. The predicted octanol–water partition coefficient (Wildman–Crippen LogP) is 2.03. The Hall–Kier alpha value is -2.36. The number of para-hydroxylation sites is 1. The summed E-state index contributed by atoms with van der Waals surface area (Å²) in [5.74, 6) is -0.114. The third-order valence-corrected chi connectivity index (χ3v) is 2.36. The van der Waals surface area contributed by atoms with E-state index in [4.69, 9.17) is 4.74 Å². The first-order valence-corrected chi connectivity index (χ1v) is 5.05. The summed E-state index contributed by atoms with van der Waals surface area (Å²) < 4.78 is 5.01. The number of phenolic OH excluding ortho intramolecular Hbond substituents is 1. The summed E-state index contributed by atoms with van der Waals surface area (Å²) >= 11 is 0. The van der Waals surface area contributed by atoms with Gasteiger partial charge in [-0.1, -0.05) is 12.1 Å². The van der Waals surface area contributed by atoms with Crippen LogP contribution in [0.3, 0.4) is 0 Å². The highest BCUT2D eigenvalue weighted by molar-refractivity contribution is 6.11. The van der Waals surface area contributed by atoms with Crippen molar-refractivity contribution in [2.45, 2.75) is 0 Å². The van der Waals surface area contributed by atoms with E-state index >= 15 is 0 Å². The molecule has 0 aliphatic carbocycles. The van der Waals surface area contributed by atoms with Crippen molar-refractivity contribution < 1.29 is 14.6 Å². The molecule has 0 atom stereocenters. The number of nitrogens with zero attached hydrogens (tertiary/aromatic N) is 1. The van der Waals surface area contributed by atoms with Gasteiger partial charge >= 0.3 is 0 Å². The van der Waals surface area contributed by atoms with Crippen LogP contribution < -0.4 is 4.74 Å². The van der Waals surface area contributed by atoms with Gasteiger partial charge in [0.15, 0.2) is 0 Å². The topological polar surface area (TPSA) is 59.4 Å². The lowest BCUT2D eigenvalue weighted by atomic mass is 10.0. The number of benzene rings is 1. The molecule has 1 aromatic carbocycles. The Labute approximate surface area is 98.5 Å². The number of carbonyl (C=O) groups is 1. The van der Waals surface area contributed by atoms with Crippen molar-refractivity contribution in [3.05, 3.63) is 53.7 Å². The maximum atomic E-state index is 12.2. The van der Waals surface area contributed by atoms with Crippen molar-refractivity contribution in [3.63, 3.8) is 0 Å². The quantitative estimate of drug-likeness (QED) is 0.818. The van der Waals surface area contributed by atoms with Gasteiger partial charge in [0.05, 0.1) is 18.2 Å². The first-order valence-electron chi connectivity index (χ1n) is 5.05. The molecule has 0 radical (unpaired) electrons. The first kappa shape index (κ1) is 11.1. The molecule has 0 amide bonds. The van der Waals surface area contributed by atoms with E-state index in [0.717, 1.165) is 0 Å². The molecule has 2 rings (SSSR count). The molecule has 2 aromatic rings. The second-order valence-corrected chi connectivity index (χ2v) is 3.41. The minimum atomic E-state index is -0.312. The zero-order valence-electron chi connectivity index (χ0n) is 9.25. The smallest absolute Gasteiger partial charge is 0.224 e. The molecule has 0 bridgehead atoms. The second-order valence-electron chi connectivity index (χ2n) is 3.41. The van der Waals surface area contributed by atoms with E-state index in [2.05, 4.69) is 4.98 Å². The van der Waals surface area contributed by atoms with Crippen LogP contribution in [-0.4, -0.2) is 23.0 Å². The van der Waals surface area contributed by atoms with E-state index in [1.54, 1.807) is 36.5 Å². The molecule has 0 saturated heterocycles. The van der Waals surface area contributed by atoms with E-state index in [1.807, 2.05) is 0 Å². The van der Waals surface area contributed by atoms with Gasteiger partial charge in [0.25, 0.3) is 0 Å². The first-order chi connectivity index (χ1) is 8.24. The number of rotatable bonds is 3. The van der Waals surface area contributed by atoms with Gasteiger partial charge < -0.3 is 9.84 Å². The molecule has 17 heavy (non-hydrogen) atoms. The van der Waals surface area contributed by atoms with Crippen molar-refractivity contribution in [2.75, 3.05) is 7.11 Å². The fourth-order valence-electron chi connectivity index (χ4n) is 1.54. The number of aromatic hydroxyl groups is 1. The lowest BCUT2D eigenvalue weighted by molar-refractivity contribution is 0.103. The highest BCUT2D eigenvalue weighted by atomic mass is 16.5. The van der Waals surface area contributed by atoms with E-state index in [-0.39, 0.29) is 23.0 Å². The molecule has 0 spiro atoms. The minimum absolute atomic E-state index is 0.0524. The molecule has 0 fully saturated rings. The van der Waals surface area contributed by atoms with Gasteiger partial charge in [-0.3, -0.25) is 4.79 Å². The summed E-state index contributed by atoms with van der Waals surface area (Å²) in [5, 5.41) is 9.62. The monoisotopic (exact) mass is 229 g/mol. The van der Waals surface area contributed by atoms with Gasteiger partial charge in [-0.05, 0) is 24.3 Å². The molecule has 1 N–H and O–H groups in total. The standard InChI is InChI=1S/C13H11NO3/c1-17-13-10(6-4-8-14-13)12(16)9-5-2-3-7-11(9)15/h2-8,15H,1H3. The molecular weight excluding hydrogens is 218 g/mol.